The molecule has 0 heterocycles. The van der Waals surface area contributed by atoms with Crippen LogP contribution in [0.25, 0.3) is 0 Å². The monoisotopic (exact) mass is 227 g/mol. The minimum Gasteiger partial charge on any atom is -0.369 e. The molecule has 0 aliphatic carbocycles. The first-order valence-corrected chi connectivity index (χ1v) is 5.88. The van der Waals surface area contributed by atoms with E-state index in [9.17, 15) is 0 Å². The van der Waals surface area contributed by atoms with Gasteiger partial charge in [0.2, 0.25) is 0 Å². The average molecular weight is 227 g/mol. The van der Waals surface area contributed by atoms with Gasteiger partial charge in [0.15, 0.2) is 0 Å². The number of benzene rings is 1. The number of hydrogen-bond donors (Lipinski definition) is 0. The van der Waals surface area contributed by atoms with Crippen LogP contribution >= 0.6 is 0 Å². The van der Waals surface area contributed by atoms with Crippen LogP contribution < -0.4 is 4.90 Å². The molecule has 0 radical (unpaired) electrons. The second kappa shape index (κ2) is 5.92. The fourth-order valence-corrected chi connectivity index (χ4v) is 1.87. The minimum atomic E-state index is 0.430. The summed E-state index contributed by atoms with van der Waals surface area (Å²) in [7, 11) is 0. The van der Waals surface area contributed by atoms with E-state index in [1.165, 1.54) is 0 Å². The van der Waals surface area contributed by atoms with E-state index >= 15 is 0 Å². The Bertz CT molecular complexity index is 465. The molecule has 1 atom stereocenters. The highest BCUT2D eigenvalue weighted by Gasteiger charge is 2.12. The summed E-state index contributed by atoms with van der Waals surface area (Å²) < 4.78 is 0. The van der Waals surface area contributed by atoms with E-state index in [2.05, 4.69) is 31.7 Å². The fraction of sp³-hybridized carbons (Fsp3) is 0.429. The first-order valence-electron chi connectivity index (χ1n) is 5.88. The number of hydrogen-bond acceptors (Lipinski definition) is 3. The van der Waals surface area contributed by atoms with Gasteiger partial charge in [0.05, 0.1) is 11.1 Å². The third-order valence-corrected chi connectivity index (χ3v) is 3.04. The molecule has 3 heteroatoms. The van der Waals surface area contributed by atoms with Gasteiger partial charge in [-0.3, -0.25) is 0 Å². The Morgan fingerprint density at radius 1 is 1.18 bits per heavy atom. The SMILES string of the molecule is CC[C@@H](C)N(CC)c1ccc(C#N)c(C#N)c1. The summed E-state index contributed by atoms with van der Waals surface area (Å²) in [4.78, 5) is 2.24. The molecule has 0 aliphatic heterocycles. The third kappa shape index (κ3) is 2.77. The van der Waals surface area contributed by atoms with Crippen molar-refractivity contribution < 1.29 is 0 Å². The summed E-state index contributed by atoms with van der Waals surface area (Å²) in [5, 5.41) is 17.9. The molecule has 0 saturated heterocycles. The molecular weight excluding hydrogens is 210 g/mol. The van der Waals surface area contributed by atoms with Gasteiger partial charge >= 0.3 is 0 Å². The maximum atomic E-state index is 9.00. The van der Waals surface area contributed by atoms with E-state index in [1.54, 1.807) is 12.1 Å². The first-order chi connectivity index (χ1) is 8.17. The van der Waals surface area contributed by atoms with Gasteiger partial charge in [-0.05, 0) is 38.5 Å². The number of nitriles is 2. The van der Waals surface area contributed by atoms with Crippen LogP contribution in [-0.4, -0.2) is 12.6 Å². The van der Waals surface area contributed by atoms with Gasteiger partial charge in [-0.25, -0.2) is 0 Å². The zero-order valence-electron chi connectivity index (χ0n) is 10.6. The normalized spacial score (nSPS) is 11.4. The highest BCUT2D eigenvalue weighted by molar-refractivity contribution is 5.58. The van der Waals surface area contributed by atoms with E-state index in [0.717, 1.165) is 18.7 Å². The maximum absolute atomic E-state index is 9.00. The van der Waals surface area contributed by atoms with E-state index in [4.69, 9.17) is 10.5 Å². The van der Waals surface area contributed by atoms with Gasteiger partial charge < -0.3 is 4.90 Å². The van der Waals surface area contributed by atoms with Crippen LogP contribution in [0.5, 0.6) is 0 Å². The Hall–Kier alpha value is -2.00. The van der Waals surface area contributed by atoms with Gasteiger partial charge in [0.25, 0.3) is 0 Å². The van der Waals surface area contributed by atoms with Gasteiger partial charge in [-0.1, -0.05) is 6.92 Å². The van der Waals surface area contributed by atoms with Crippen molar-refractivity contribution in [2.75, 3.05) is 11.4 Å². The second-order valence-corrected chi connectivity index (χ2v) is 4.00. The van der Waals surface area contributed by atoms with Crippen LogP contribution in [0.15, 0.2) is 18.2 Å². The average Bonchev–Trinajstić information content (AvgIpc) is 2.38. The lowest BCUT2D eigenvalue weighted by Crippen LogP contribution is -2.32. The molecule has 0 amide bonds. The molecule has 0 aliphatic rings. The Balaban J connectivity index is 3.16. The molecule has 1 aromatic rings. The molecule has 0 aromatic heterocycles. The summed E-state index contributed by atoms with van der Waals surface area (Å²) >= 11 is 0. The summed E-state index contributed by atoms with van der Waals surface area (Å²) in [5.41, 5.74) is 1.90. The summed E-state index contributed by atoms with van der Waals surface area (Å²) in [6, 6.07) is 9.97. The van der Waals surface area contributed by atoms with E-state index in [0.29, 0.717) is 17.2 Å². The van der Waals surface area contributed by atoms with Crippen molar-refractivity contribution in [3.63, 3.8) is 0 Å². The molecule has 0 fully saturated rings. The molecule has 1 rings (SSSR count). The van der Waals surface area contributed by atoms with E-state index in [-0.39, 0.29) is 0 Å². The zero-order valence-corrected chi connectivity index (χ0v) is 10.6. The predicted molar refractivity (Wildman–Crippen MR) is 68.6 cm³/mol. The van der Waals surface area contributed by atoms with Crippen molar-refractivity contribution in [1.29, 1.82) is 10.5 Å². The van der Waals surface area contributed by atoms with Crippen molar-refractivity contribution in [2.24, 2.45) is 0 Å². The van der Waals surface area contributed by atoms with Crippen molar-refractivity contribution >= 4 is 5.69 Å². The van der Waals surface area contributed by atoms with Crippen molar-refractivity contribution in [3.05, 3.63) is 29.3 Å². The van der Waals surface area contributed by atoms with Crippen LogP contribution in [0.1, 0.15) is 38.3 Å². The van der Waals surface area contributed by atoms with Crippen molar-refractivity contribution in [1.82, 2.24) is 0 Å². The van der Waals surface area contributed by atoms with Gasteiger partial charge in [0.1, 0.15) is 12.1 Å². The maximum Gasteiger partial charge on any atom is 0.101 e. The second-order valence-electron chi connectivity index (χ2n) is 4.00. The molecule has 0 saturated carbocycles. The standard InChI is InChI=1S/C14H17N3/c1-4-11(3)17(5-2)14-7-6-12(9-15)13(8-14)10-16/h6-8,11H,4-5H2,1-3H3/t11-/m1/s1. The lowest BCUT2D eigenvalue weighted by Gasteiger charge is -2.29. The van der Waals surface area contributed by atoms with Crippen molar-refractivity contribution in [3.8, 4) is 12.1 Å². The Morgan fingerprint density at radius 3 is 2.29 bits per heavy atom. The van der Waals surface area contributed by atoms with Crippen molar-refractivity contribution in [2.45, 2.75) is 33.2 Å². The smallest absolute Gasteiger partial charge is 0.101 e. The minimum absolute atomic E-state index is 0.430. The molecule has 3 nitrogen and oxygen atoms in total. The highest BCUT2D eigenvalue weighted by Crippen LogP contribution is 2.21. The lowest BCUT2D eigenvalue weighted by molar-refractivity contribution is 0.630. The molecule has 0 spiro atoms. The lowest BCUT2D eigenvalue weighted by atomic mass is 10.1. The Kier molecular flexibility index (Phi) is 4.55. The van der Waals surface area contributed by atoms with Gasteiger partial charge in [-0.2, -0.15) is 10.5 Å². The summed E-state index contributed by atoms with van der Waals surface area (Å²) in [6.07, 6.45) is 1.05. The van der Waals surface area contributed by atoms with Crippen LogP contribution in [0.3, 0.4) is 0 Å². The molecule has 88 valence electrons. The topological polar surface area (TPSA) is 50.8 Å². The first kappa shape index (κ1) is 13.1. The number of anilines is 1. The largest absolute Gasteiger partial charge is 0.369 e. The number of rotatable bonds is 4. The fourth-order valence-electron chi connectivity index (χ4n) is 1.87. The molecule has 0 unspecified atom stereocenters. The molecule has 0 N–H and O–H groups in total. The molecular formula is C14H17N3. The predicted octanol–water partition coefficient (Wildman–Crippen LogP) is 3.05. The summed E-state index contributed by atoms with van der Waals surface area (Å²) in [6.45, 7) is 7.29. The highest BCUT2D eigenvalue weighted by atomic mass is 15.1. The van der Waals surface area contributed by atoms with E-state index in [1.807, 2.05) is 12.1 Å². The van der Waals surface area contributed by atoms with Crippen LogP contribution in [0.2, 0.25) is 0 Å². The summed E-state index contributed by atoms with van der Waals surface area (Å²) in [5.74, 6) is 0. The van der Waals surface area contributed by atoms with Crippen LogP contribution in [0, 0.1) is 22.7 Å². The Labute approximate surface area is 103 Å². The van der Waals surface area contributed by atoms with Crippen LogP contribution in [0.4, 0.5) is 5.69 Å². The van der Waals surface area contributed by atoms with Gasteiger partial charge in [-0.15, -0.1) is 0 Å². The molecule has 1 aromatic carbocycles. The zero-order chi connectivity index (χ0) is 12.8. The third-order valence-electron chi connectivity index (χ3n) is 3.04. The quantitative estimate of drug-likeness (QED) is 0.794. The molecule has 0 bridgehead atoms. The Morgan fingerprint density at radius 2 is 1.82 bits per heavy atom. The van der Waals surface area contributed by atoms with Crippen LogP contribution in [-0.2, 0) is 0 Å². The van der Waals surface area contributed by atoms with Gasteiger partial charge in [0, 0.05) is 18.3 Å². The molecule has 17 heavy (non-hydrogen) atoms. The van der Waals surface area contributed by atoms with E-state index < -0.39 is 0 Å². The number of nitrogens with zero attached hydrogens (tertiary/aromatic N) is 3.